The summed E-state index contributed by atoms with van der Waals surface area (Å²) in [5, 5.41) is 3.88. The lowest BCUT2D eigenvalue weighted by atomic mass is 10.1. The van der Waals surface area contributed by atoms with Gasteiger partial charge in [-0.3, -0.25) is 14.5 Å². The fourth-order valence-corrected chi connectivity index (χ4v) is 5.76. The Hall–Kier alpha value is -1.54. The van der Waals surface area contributed by atoms with Gasteiger partial charge in [-0.15, -0.1) is 0 Å². The smallest absolute Gasteiger partial charge is 0.408 e. The monoisotopic (exact) mass is 513 g/mol. The summed E-state index contributed by atoms with van der Waals surface area (Å²) in [5.74, 6) is -1.42. The lowest BCUT2D eigenvalue weighted by molar-refractivity contribution is -0.224. The van der Waals surface area contributed by atoms with Gasteiger partial charge in [0.2, 0.25) is 0 Å². The molecule has 204 valence electrons. The van der Waals surface area contributed by atoms with Crippen molar-refractivity contribution in [3.63, 3.8) is 0 Å². The fraction of sp³-hybridized carbons (Fsp3) is 0.917. The highest BCUT2D eigenvalue weighted by molar-refractivity contribution is 5.85. The molecule has 4 heterocycles. The van der Waals surface area contributed by atoms with Crippen molar-refractivity contribution in [2.75, 3.05) is 0 Å². The summed E-state index contributed by atoms with van der Waals surface area (Å²) < 4.78 is 28.4. The quantitative estimate of drug-likeness (QED) is 0.561. The highest BCUT2D eigenvalue weighted by atomic mass is 16.8. The van der Waals surface area contributed by atoms with Crippen molar-refractivity contribution in [3.8, 4) is 0 Å². The SMILES string of the molecule is CC1(C)OC2C3CC(ON3)C2O1.C[C@@H](NC(=O)OC(C)(C)C)C(=O)N1OC2CC1C1OC(C)(C)OC21. The molecule has 0 aromatic carbocycles. The zero-order valence-electron chi connectivity index (χ0n) is 22.2. The third-order valence-electron chi connectivity index (χ3n) is 7.04. The summed E-state index contributed by atoms with van der Waals surface area (Å²) in [7, 11) is 0. The van der Waals surface area contributed by atoms with Crippen LogP contribution >= 0.6 is 0 Å². The lowest BCUT2D eigenvalue weighted by Gasteiger charge is -2.33. The second kappa shape index (κ2) is 8.75. The highest BCUT2D eigenvalue weighted by Crippen LogP contribution is 2.46. The second-order valence-corrected chi connectivity index (χ2v) is 12.2. The second-order valence-electron chi connectivity index (χ2n) is 12.2. The van der Waals surface area contributed by atoms with E-state index in [2.05, 4.69) is 10.8 Å². The van der Waals surface area contributed by atoms with Crippen molar-refractivity contribution < 1.29 is 42.9 Å². The molecule has 6 rings (SSSR count). The number of amides is 2. The van der Waals surface area contributed by atoms with Crippen LogP contribution in [-0.2, 0) is 38.2 Å². The Balaban J connectivity index is 0.000000183. The third-order valence-corrected chi connectivity index (χ3v) is 7.04. The maximum absolute atomic E-state index is 12.6. The summed E-state index contributed by atoms with van der Waals surface area (Å²) in [6.07, 6.45) is 1.06. The van der Waals surface area contributed by atoms with E-state index in [0.717, 1.165) is 6.42 Å². The van der Waals surface area contributed by atoms with Crippen LogP contribution in [0.25, 0.3) is 0 Å². The Kier molecular flexibility index (Phi) is 6.34. The molecule has 0 radical (unpaired) electrons. The maximum Gasteiger partial charge on any atom is 0.408 e. The molecule has 2 N–H and O–H groups in total. The molecular formula is C24H39N3O9. The van der Waals surface area contributed by atoms with Crippen molar-refractivity contribution in [1.29, 1.82) is 0 Å². The van der Waals surface area contributed by atoms with Gasteiger partial charge >= 0.3 is 6.09 Å². The van der Waals surface area contributed by atoms with Gasteiger partial charge in [-0.25, -0.2) is 9.86 Å². The van der Waals surface area contributed by atoms with Gasteiger partial charge in [0, 0.05) is 6.42 Å². The molecule has 0 aromatic heterocycles. The van der Waals surface area contributed by atoms with Gasteiger partial charge in [-0.2, -0.15) is 5.48 Å². The summed E-state index contributed by atoms with van der Waals surface area (Å²) in [4.78, 5) is 35.5. The number of hydroxylamine groups is 3. The number of nitrogens with one attached hydrogen (secondary N) is 2. The predicted molar refractivity (Wildman–Crippen MR) is 123 cm³/mol. The summed E-state index contributed by atoms with van der Waals surface area (Å²) in [6, 6.07) is -0.619. The molecule has 4 bridgehead atoms. The van der Waals surface area contributed by atoms with Crippen LogP contribution in [0.5, 0.6) is 0 Å². The van der Waals surface area contributed by atoms with Crippen LogP contribution in [0.4, 0.5) is 4.79 Å². The Bertz CT molecular complexity index is 871. The Morgan fingerprint density at radius 1 is 0.944 bits per heavy atom. The van der Waals surface area contributed by atoms with E-state index >= 15 is 0 Å². The van der Waals surface area contributed by atoms with Gasteiger partial charge in [-0.05, 0) is 61.8 Å². The minimum Gasteiger partial charge on any atom is -0.444 e. The van der Waals surface area contributed by atoms with Crippen molar-refractivity contribution in [3.05, 3.63) is 0 Å². The van der Waals surface area contributed by atoms with Crippen molar-refractivity contribution in [2.45, 2.75) is 140 Å². The number of carbonyl (C=O) groups excluding carboxylic acids is 2. The zero-order valence-corrected chi connectivity index (χ0v) is 22.2. The molecule has 2 aliphatic carbocycles. The van der Waals surface area contributed by atoms with E-state index in [1.807, 2.05) is 27.7 Å². The van der Waals surface area contributed by atoms with E-state index in [9.17, 15) is 9.59 Å². The molecule has 36 heavy (non-hydrogen) atoms. The highest BCUT2D eigenvalue weighted by Gasteiger charge is 2.63. The molecular weight excluding hydrogens is 474 g/mol. The average Bonchev–Trinajstić information content (AvgIpc) is 3.52. The van der Waals surface area contributed by atoms with Crippen molar-refractivity contribution in [2.24, 2.45) is 0 Å². The summed E-state index contributed by atoms with van der Waals surface area (Å²) in [6.45, 7) is 14.5. The van der Waals surface area contributed by atoms with Crippen LogP contribution in [0.2, 0.25) is 0 Å². The van der Waals surface area contributed by atoms with E-state index in [1.165, 1.54) is 5.06 Å². The number of alkyl carbamates (subject to hydrolysis) is 1. The molecule has 8 unspecified atom stereocenters. The standard InChI is InChI=1S/C16H26N2O6.C8H13NO3/c1-8(17-14(20)23-15(2,3)4)13(19)18-9-7-10(24-18)12-11(9)21-16(5,6)22-12;1-8(2)10-6-4-3-5(12-9-4)7(6)11-8/h8-12H,7H2,1-6H3,(H,17,20);4-7,9H,3H2,1-2H3/t8-,9?,10?,11?,12?;/m1./s1. The van der Waals surface area contributed by atoms with Crippen LogP contribution in [-0.4, -0.2) is 89.0 Å². The minimum absolute atomic E-state index is 0.145. The number of nitrogens with zero attached hydrogens (tertiary/aromatic N) is 1. The molecule has 0 aromatic rings. The van der Waals surface area contributed by atoms with E-state index in [0.29, 0.717) is 12.5 Å². The largest absolute Gasteiger partial charge is 0.444 e. The van der Waals surface area contributed by atoms with Gasteiger partial charge in [0.1, 0.15) is 48.3 Å². The summed E-state index contributed by atoms with van der Waals surface area (Å²) >= 11 is 0. The number of hydrogen-bond acceptors (Lipinski definition) is 10. The van der Waals surface area contributed by atoms with Gasteiger partial charge in [0.05, 0.1) is 12.1 Å². The first-order chi connectivity index (χ1) is 16.6. The molecule has 6 aliphatic rings. The number of ether oxygens (including phenoxy) is 5. The van der Waals surface area contributed by atoms with E-state index < -0.39 is 29.3 Å². The van der Waals surface area contributed by atoms with Crippen LogP contribution in [0.15, 0.2) is 0 Å². The van der Waals surface area contributed by atoms with Gasteiger partial charge < -0.3 is 29.0 Å². The number of hydrogen-bond donors (Lipinski definition) is 2. The van der Waals surface area contributed by atoms with Crippen LogP contribution in [0, 0.1) is 0 Å². The Labute approximate surface area is 211 Å². The average molecular weight is 514 g/mol. The molecule has 6 fully saturated rings. The van der Waals surface area contributed by atoms with Crippen molar-refractivity contribution in [1.82, 2.24) is 15.9 Å². The number of fused-ring (bicyclic) bond motifs is 10. The predicted octanol–water partition coefficient (Wildman–Crippen LogP) is 1.52. The first-order valence-electron chi connectivity index (χ1n) is 12.7. The van der Waals surface area contributed by atoms with Crippen LogP contribution in [0.1, 0.15) is 68.2 Å². The Morgan fingerprint density at radius 2 is 1.53 bits per heavy atom. The molecule has 4 aliphatic heterocycles. The molecule has 2 amide bonds. The normalized spacial score (nSPS) is 41.4. The van der Waals surface area contributed by atoms with Crippen molar-refractivity contribution >= 4 is 12.0 Å². The molecule has 12 nitrogen and oxygen atoms in total. The van der Waals surface area contributed by atoms with E-state index in [1.54, 1.807) is 27.7 Å². The maximum atomic E-state index is 12.6. The molecule has 0 spiro atoms. The molecule has 2 saturated carbocycles. The topological polar surface area (TPSA) is 126 Å². The first kappa shape index (κ1) is 26.1. The lowest BCUT2D eigenvalue weighted by Crippen LogP contribution is -2.55. The zero-order chi connectivity index (χ0) is 26.2. The Morgan fingerprint density at radius 3 is 2.14 bits per heavy atom. The van der Waals surface area contributed by atoms with Gasteiger partial charge in [0.25, 0.3) is 5.91 Å². The molecule has 4 saturated heterocycles. The number of carbonyl (C=O) groups is 2. The first-order valence-corrected chi connectivity index (χ1v) is 12.7. The van der Waals surface area contributed by atoms with Crippen LogP contribution < -0.4 is 10.8 Å². The molecule has 9 atom stereocenters. The van der Waals surface area contributed by atoms with Gasteiger partial charge in [0.15, 0.2) is 11.6 Å². The van der Waals surface area contributed by atoms with E-state index in [4.69, 9.17) is 33.4 Å². The molecule has 12 heteroatoms. The van der Waals surface area contributed by atoms with E-state index in [-0.39, 0.29) is 48.6 Å². The van der Waals surface area contributed by atoms with Gasteiger partial charge in [-0.1, -0.05) is 0 Å². The fourth-order valence-electron chi connectivity index (χ4n) is 5.76. The summed E-state index contributed by atoms with van der Waals surface area (Å²) in [5.41, 5.74) is 2.34. The van der Waals surface area contributed by atoms with Crippen LogP contribution in [0.3, 0.4) is 0 Å². The third kappa shape index (κ3) is 4.96. The minimum atomic E-state index is -0.756. The number of rotatable bonds is 2.